The van der Waals surface area contributed by atoms with E-state index >= 15 is 0 Å². The first-order valence-corrected chi connectivity index (χ1v) is 9.90. The molecule has 0 radical (unpaired) electrons. The van der Waals surface area contributed by atoms with Crippen LogP contribution in [0, 0.1) is 0 Å². The van der Waals surface area contributed by atoms with Crippen molar-refractivity contribution in [3.05, 3.63) is 60.4 Å². The quantitative estimate of drug-likeness (QED) is 0.479. The monoisotopic (exact) mass is 434 g/mol. The number of thioether (sulfide) groups is 1. The first kappa shape index (κ1) is 21.6. The van der Waals surface area contributed by atoms with Gasteiger partial charge in [-0.25, -0.2) is 0 Å². The van der Waals surface area contributed by atoms with Gasteiger partial charge in [0.25, 0.3) is 0 Å². The fourth-order valence-electron chi connectivity index (χ4n) is 2.64. The molecule has 158 valence electrons. The zero-order valence-corrected chi connectivity index (χ0v) is 17.2. The van der Waals surface area contributed by atoms with Crippen molar-refractivity contribution in [1.82, 2.24) is 19.7 Å². The molecule has 3 aromatic rings. The smallest absolute Gasteiger partial charge is 0.387 e. The normalized spacial score (nSPS) is 10.8. The summed E-state index contributed by atoms with van der Waals surface area (Å²) in [4.78, 5) is 14.1. The van der Waals surface area contributed by atoms with Crippen molar-refractivity contribution in [3.8, 4) is 17.2 Å². The van der Waals surface area contributed by atoms with Gasteiger partial charge in [-0.1, -0.05) is 30.0 Å². The molecule has 0 fully saturated rings. The third kappa shape index (κ3) is 5.69. The van der Waals surface area contributed by atoms with Crippen molar-refractivity contribution >= 4 is 17.7 Å². The summed E-state index contributed by atoms with van der Waals surface area (Å²) in [6.07, 6.45) is 1.58. The van der Waals surface area contributed by atoms with Crippen molar-refractivity contribution in [1.29, 1.82) is 0 Å². The number of carbonyl (C=O) groups is 1. The molecule has 0 N–H and O–H groups in total. The van der Waals surface area contributed by atoms with Crippen molar-refractivity contribution in [2.24, 2.45) is 0 Å². The summed E-state index contributed by atoms with van der Waals surface area (Å²) in [6, 6.07) is 13.6. The van der Waals surface area contributed by atoms with Gasteiger partial charge in [0.1, 0.15) is 17.8 Å². The standard InChI is InChI=1S/C20H20F2N4O3S/c1-25(11-14-6-8-16(9-7-14)29-19(21)22)18(27)12-30-20-24-23-13-26(20)15-4-3-5-17(10-15)28-2/h3-10,13,19H,11-12H2,1-2H3. The molecule has 7 nitrogen and oxygen atoms in total. The first-order valence-electron chi connectivity index (χ1n) is 8.91. The summed E-state index contributed by atoms with van der Waals surface area (Å²) in [5.74, 6) is 0.854. The van der Waals surface area contributed by atoms with E-state index in [4.69, 9.17) is 4.74 Å². The summed E-state index contributed by atoms with van der Waals surface area (Å²) < 4.78 is 35.8. The summed E-state index contributed by atoms with van der Waals surface area (Å²) in [5.41, 5.74) is 1.63. The van der Waals surface area contributed by atoms with E-state index in [0.29, 0.717) is 17.5 Å². The van der Waals surface area contributed by atoms with Gasteiger partial charge >= 0.3 is 6.61 Å². The summed E-state index contributed by atoms with van der Waals surface area (Å²) in [7, 11) is 3.27. The van der Waals surface area contributed by atoms with Crippen LogP contribution in [0.2, 0.25) is 0 Å². The van der Waals surface area contributed by atoms with E-state index in [-0.39, 0.29) is 17.4 Å². The van der Waals surface area contributed by atoms with Gasteiger partial charge in [0, 0.05) is 19.7 Å². The van der Waals surface area contributed by atoms with Crippen LogP contribution >= 0.6 is 11.8 Å². The van der Waals surface area contributed by atoms with E-state index in [1.54, 1.807) is 42.1 Å². The van der Waals surface area contributed by atoms with Crippen LogP contribution in [0.4, 0.5) is 8.78 Å². The minimum absolute atomic E-state index is 0.0789. The number of benzene rings is 2. The minimum Gasteiger partial charge on any atom is -0.497 e. The van der Waals surface area contributed by atoms with Crippen LogP contribution in [0.5, 0.6) is 11.5 Å². The van der Waals surface area contributed by atoms with E-state index < -0.39 is 6.61 Å². The number of aromatic nitrogens is 3. The van der Waals surface area contributed by atoms with Gasteiger partial charge < -0.3 is 14.4 Å². The van der Waals surface area contributed by atoms with Gasteiger partial charge in [-0.3, -0.25) is 9.36 Å². The van der Waals surface area contributed by atoms with Crippen molar-refractivity contribution in [3.63, 3.8) is 0 Å². The molecule has 0 saturated heterocycles. The maximum atomic E-state index is 12.5. The molecule has 10 heteroatoms. The van der Waals surface area contributed by atoms with Crippen LogP contribution in [0.1, 0.15) is 5.56 Å². The molecule has 0 spiro atoms. The second-order valence-corrected chi connectivity index (χ2v) is 7.19. The first-order chi connectivity index (χ1) is 14.5. The SMILES string of the molecule is COc1cccc(-n2cnnc2SCC(=O)N(C)Cc2ccc(OC(F)F)cc2)c1. The van der Waals surface area contributed by atoms with Crippen molar-refractivity contribution < 1.29 is 23.0 Å². The molecule has 3 rings (SSSR count). The third-order valence-electron chi connectivity index (χ3n) is 4.17. The highest BCUT2D eigenvalue weighted by molar-refractivity contribution is 7.99. The molecular weight excluding hydrogens is 414 g/mol. The van der Waals surface area contributed by atoms with E-state index in [0.717, 1.165) is 11.3 Å². The van der Waals surface area contributed by atoms with Gasteiger partial charge in [-0.05, 0) is 29.8 Å². The molecule has 30 heavy (non-hydrogen) atoms. The maximum absolute atomic E-state index is 12.5. The summed E-state index contributed by atoms with van der Waals surface area (Å²) in [6.45, 7) is -2.52. The largest absolute Gasteiger partial charge is 0.497 e. The number of hydrogen-bond acceptors (Lipinski definition) is 6. The molecular formula is C20H20F2N4O3S. The fraction of sp³-hybridized carbons (Fsp3) is 0.250. The lowest BCUT2D eigenvalue weighted by molar-refractivity contribution is -0.127. The number of hydrogen-bond donors (Lipinski definition) is 0. The average Bonchev–Trinajstić information content (AvgIpc) is 3.21. The second-order valence-electron chi connectivity index (χ2n) is 6.25. The van der Waals surface area contributed by atoms with Crippen LogP contribution in [0.3, 0.4) is 0 Å². The Morgan fingerprint density at radius 2 is 1.97 bits per heavy atom. The Kier molecular flexibility index (Phi) is 7.23. The highest BCUT2D eigenvalue weighted by atomic mass is 32.2. The number of carbonyl (C=O) groups excluding carboxylic acids is 1. The number of halogens is 2. The van der Waals surface area contributed by atoms with E-state index in [1.807, 2.05) is 24.3 Å². The van der Waals surface area contributed by atoms with Crippen molar-refractivity contribution in [2.45, 2.75) is 18.3 Å². The van der Waals surface area contributed by atoms with E-state index in [9.17, 15) is 13.6 Å². The zero-order chi connectivity index (χ0) is 21.5. The van der Waals surface area contributed by atoms with Crippen molar-refractivity contribution in [2.75, 3.05) is 19.9 Å². The zero-order valence-electron chi connectivity index (χ0n) is 16.4. The molecule has 0 aliphatic rings. The van der Waals surface area contributed by atoms with Gasteiger partial charge in [-0.15, -0.1) is 10.2 Å². The molecule has 2 aromatic carbocycles. The summed E-state index contributed by atoms with van der Waals surface area (Å²) >= 11 is 1.27. The lowest BCUT2D eigenvalue weighted by atomic mass is 10.2. The maximum Gasteiger partial charge on any atom is 0.387 e. The molecule has 0 bridgehead atoms. The number of rotatable bonds is 9. The van der Waals surface area contributed by atoms with E-state index in [2.05, 4.69) is 14.9 Å². The lowest BCUT2D eigenvalue weighted by Crippen LogP contribution is -2.27. The Morgan fingerprint density at radius 3 is 2.67 bits per heavy atom. The van der Waals surface area contributed by atoms with Crippen LogP contribution in [0.25, 0.3) is 5.69 Å². The topological polar surface area (TPSA) is 69.5 Å². The molecule has 0 saturated carbocycles. The lowest BCUT2D eigenvalue weighted by Gasteiger charge is -2.17. The predicted molar refractivity (Wildman–Crippen MR) is 108 cm³/mol. The fourth-order valence-corrected chi connectivity index (χ4v) is 3.50. The van der Waals surface area contributed by atoms with Crippen LogP contribution in [-0.2, 0) is 11.3 Å². The van der Waals surface area contributed by atoms with Gasteiger partial charge in [0.15, 0.2) is 5.16 Å². The number of methoxy groups -OCH3 is 1. The second kappa shape index (κ2) is 10.1. The Hall–Kier alpha value is -3.14. The summed E-state index contributed by atoms with van der Waals surface area (Å²) in [5, 5.41) is 8.60. The Labute approximate surface area is 176 Å². The average molecular weight is 434 g/mol. The van der Waals surface area contributed by atoms with Gasteiger partial charge in [-0.2, -0.15) is 8.78 Å². The molecule has 0 atom stereocenters. The number of ether oxygens (including phenoxy) is 2. The number of alkyl halides is 2. The highest BCUT2D eigenvalue weighted by Gasteiger charge is 2.14. The minimum atomic E-state index is -2.86. The number of nitrogens with zero attached hydrogens (tertiary/aromatic N) is 4. The third-order valence-corrected chi connectivity index (χ3v) is 5.09. The van der Waals surface area contributed by atoms with Gasteiger partial charge in [0.2, 0.25) is 5.91 Å². The molecule has 0 aliphatic heterocycles. The molecule has 0 unspecified atom stereocenters. The molecule has 1 heterocycles. The number of amides is 1. The van der Waals surface area contributed by atoms with Crippen LogP contribution in [0.15, 0.2) is 60.0 Å². The molecule has 1 amide bonds. The highest BCUT2D eigenvalue weighted by Crippen LogP contribution is 2.23. The molecule has 1 aromatic heterocycles. The van der Waals surface area contributed by atoms with Gasteiger partial charge in [0.05, 0.1) is 18.6 Å². The Balaban J connectivity index is 1.57. The van der Waals surface area contributed by atoms with Crippen LogP contribution in [-0.4, -0.2) is 52.1 Å². The van der Waals surface area contributed by atoms with E-state index in [1.165, 1.54) is 23.9 Å². The Bertz CT molecular complexity index is 982. The molecule has 0 aliphatic carbocycles. The van der Waals surface area contributed by atoms with Crippen LogP contribution < -0.4 is 9.47 Å². The predicted octanol–water partition coefficient (Wildman–Crippen LogP) is 3.63. The Morgan fingerprint density at radius 1 is 1.20 bits per heavy atom.